The maximum Gasteiger partial charge on any atom is 0.302 e. The summed E-state index contributed by atoms with van der Waals surface area (Å²) in [7, 11) is 1.63. The van der Waals surface area contributed by atoms with E-state index in [1.165, 1.54) is 6.92 Å². The van der Waals surface area contributed by atoms with Gasteiger partial charge in [0.1, 0.15) is 5.75 Å². The molecular formula is C14H16O3. The van der Waals surface area contributed by atoms with Crippen molar-refractivity contribution in [3.05, 3.63) is 29.8 Å². The van der Waals surface area contributed by atoms with Crippen LogP contribution < -0.4 is 4.74 Å². The summed E-state index contributed by atoms with van der Waals surface area (Å²) in [5.74, 6) is 6.65. The summed E-state index contributed by atoms with van der Waals surface area (Å²) in [5.41, 5.74) is 0.957. The van der Waals surface area contributed by atoms with Gasteiger partial charge >= 0.3 is 5.97 Å². The van der Waals surface area contributed by atoms with Crippen molar-refractivity contribution < 1.29 is 14.3 Å². The minimum absolute atomic E-state index is 0.242. The van der Waals surface area contributed by atoms with Crippen LogP contribution in [0.5, 0.6) is 5.75 Å². The molecular weight excluding hydrogens is 216 g/mol. The Kier molecular flexibility index (Phi) is 5.67. The Hall–Kier alpha value is -1.95. The molecule has 0 aliphatic carbocycles. The van der Waals surface area contributed by atoms with Crippen molar-refractivity contribution in [3.63, 3.8) is 0 Å². The van der Waals surface area contributed by atoms with Gasteiger partial charge in [-0.1, -0.05) is 11.8 Å². The quantitative estimate of drug-likeness (QED) is 0.454. The fourth-order valence-corrected chi connectivity index (χ4v) is 1.22. The Morgan fingerprint density at radius 3 is 2.59 bits per heavy atom. The molecule has 0 saturated carbocycles. The third kappa shape index (κ3) is 5.62. The van der Waals surface area contributed by atoms with Crippen LogP contribution in [0.25, 0.3) is 0 Å². The van der Waals surface area contributed by atoms with Crippen molar-refractivity contribution in [2.45, 2.75) is 19.8 Å². The van der Waals surface area contributed by atoms with Gasteiger partial charge in [-0.15, -0.1) is 0 Å². The van der Waals surface area contributed by atoms with E-state index < -0.39 is 0 Å². The van der Waals surface area contributed by atoms with Crippen molar-refractivity contribution in [2.24, 2.45) is 0 Å². The molecule has 0 spiro atoms. The zero-order valence-corrected chi connectivity index (χ0v) is 10.2. The van der Waals surface area contributed by atoms with Crippen LogP contribution in [-0.4, -0.2) is 19.7 Å². The highest BCUT2D eigenvalue weighted by Gasteiger charge is 1.91. The summed E-state index contributed by atoms with van der Waals surface area (Å²) in [6.45, 7) is 1.84. The highest BCUT2D eigenvalue weighted by Crippen LogP contribution is 2.10. The zero-order valence-electron chi connectivity index (χ0n) is 10.2. The van der Waals surface area contributed by atoms with Crippen LogP contribution in [0, 0.1) is 11.8 Å². The van der Waals surface area contributed by atoms with Gasteiger partial charge in [0.15, 0.2) is 0 Å². The molecule has 0 fully saturated rings. The Morgan fingerprint density at radius 2 is 2.00 bits per heavy atom. The summed E-state index contributed by atoms with van der Waals surface area (Å²) in [6, 6.07) is 7.58. The molecule has 0 unspecified atom stereocenters. The maximum absolute atomic E-state index is 10.5. The van der Waals surface area contributed by atoms with Crippen molar-refractivity contribution in [3.8, 4) is 17.6 Å². The number of esters is 1. The molecule has 17 heavy (non-hydrogen) atoms. The Balaban J connectivity index is 2.30. The number of ether oxygens (including phenoxy) is 2. The average Bonchev–Trinajstić information content (AvgIpc) is 2.34. The van der Waals surface area contributed by atoms with Crippen molar-refractivity contribution in [1.29, 1.82) is 0 Å². The molecule has 0 aliphatic rings. The molecule has 3 heteroatoms. The second kappa shape index (κ2) is 7.34. The first-order valence-electron chi connectivity index (χ1n) is 5.48. The van der Waals surface area contributed by atoms with Crippen LogP contribution in [-0.2, 0) is 9.53 Å². The van der Waals surface area contributed by atoms with Crippen molar-refractivity contribution in [1.82, 2.24) is 0 Å². The minimum Gasteiger partial charge on any atom is -0.497 e. The van der Waals surface area contributed by atoms with E-state index in [1.807, 2.05) is 24.3 Å². The molecule has 1 rings (SSSR count). The van der Waals surface area contributed by atoms with Crippen LogP contribution in [0.4, 0.5) is 0 Å². The Bertz CT molecular complexity index is 409. The number of unbranched alkanes of at least 4 members (excludes halogenated alkanes) is 1. The van der Waals surface area contributed by atoms with Gasteiger partial charge < -0.3 is 9.47 Å². The first-order chi connectivity index (χ1) is 8.22. The van der Waals surface area contributed by atoms with E-state index in [1.54, 1.807) is 7.11 Å². The van der Waals surface area contributed by atoms with Gasteiger partial charge in [-0.05, 0) is 30.7 Å². The second-order valence-electron chi connectivity index (χ2n) is 3.47. The molecule has 3 nitrogen and oxygen atoms in total. The first kappa shape index (κ1) is 13.1. The highest BCUT2D eigenvalue weighted by molar-refractivity contribution is 5.65. The van der Waals surface area contributed by atoms with E-state index in [0.717, 1.165) is 24.2 Å². The van der Waals surface area contributed by atoms with Crippen LogP contribution in [0.15, 0.2) is 24.3 Å². The molecule has 0 heterocycles. The van der Waals surface area contributed by atoms with Gasteiger partial charge in [-0.2, -0.15) is 0 Å². The van der Waals surface area contributed by atoms with E-state index in [9.17, 15) is 4.79 Å². The number of methoxy groups -OCH3 is 1. The molecule has 0 amide bonds. The molecule has 1 aromatic rings. The van der Waals surface area contributed by atoms with Gasteiger partial charge in [0, 0.05) is 18.9 Å². The fraction of sp³-hybridized carbons (Fsp3) is 0.357. The second-order valence-corrected chi connectivity index (χ2v) is 3.47. The van der Waals surface area contributed by atoms with Crippen LogP contribution >= 0.6 is 0 Å². The summed E-state index contributed by atoms with van der Waals surface area (Å²) in [5, 5.41) is 0. The lowest BCUT2D eigenvalue weighted by Gasteiger charge is -1.98. The van der Waals surface area contributed by atoms with Crippen molar-refractivity contribution in [2.75, 3.05) is 13.7 Å². The van der Waals surface area contributed by atoms with E-state index >= 15 is 0 Å². The zero-order chi connectivity index (χ0) is 12.5. The molecule has 90 valence electrons. The topological polar surface area (TPSA) is 35.5 Å². The van der Waals surface area contributed by atoms with Gasteiger partial charge in [0.25, 0.3) is 0 Å². The van der Waals surface area contributed by atoms with Crippen LogP contribution in [0.1, 0.15) is 25.3 Å². The lowest BCUT2D eigenvalue weighted by molar-refractivity contribution is -0.141. The number of carbonyl (C=O) groups is 1. The van der Waals surface area contributed by atoms with E-state index in [4.69, 9.17) is 9.47 Å². The molecule has 0 aromatic heterocycles. The van der Waals surface area contributed by atoms with Crippen molar-refractivity contribution >= 4 is 5.97 Å². The lowest BCUT2D eigenvalue weighted by atomic mass is 10.2. The third-order valence-corrected chi connectivity index (χ3v) is 2.07. The Morgan fingerprint density at radius 1 is 1.29 bits per heavy atom. The van der Waals surface area contributed by atoms with Gasteiger partial charge in [-0.3, -0.25) is 4.79 Å². The standard InChI is InChI=1S/C14H16O3/c1-12(15)17-11-5-3-4-6-13-7-9-14(16-2)10-8-13/h7-10H,3,5,11H2,1-2H3. The van der Waals surface area contributed by atoms with Crippen LogP contribution in [0.3, 0.4) is 0 Å². The normalized spacial score (nSPS) is 9.06. The summed E-state index contributed by atoms with van der Waals surface area (Å²) >= 11 is 0. The number of hydrogen-bond acceptors (Lipinski definition) is 3. The smallest absolute Gasteiger partial charge is 0.302 e. The van der Waals surface area contributed by atoms with Gasteiger partial charge in [0.2, 0.25) is 0 Å². The Labute approximate surface area is 102 Å². The molecule has 0 aliphatic heterocycles. The molecule has 0 atom stereocenters. The molecule has 1 aromatic carbocycles. The van der Waals surface area contributed by atoms with E-state index in [2.05, 4.69) is 11.8 Å². The monoisotopic (exact) mass is 232 g/mol. The maximum atomic E-state index is 10.5. The van der Waals surface area contributed by atoms with Crippen LogP contribution in [0.2, 0.25) is 0 Å². The molecule has 0 saturated heterocycles. The lowest BCUT2D eigenvalue weighted by Crippen LogP contribution is -1.99. The number of benzene rings is 1. The van der Waals surface area contributed by atoms with Gasteiger partial charge in [0.05, 0.1) is 13.7 Å². The predicted octanol–water partition coefficient (Wildman–Crippen LogP) is 2.39. The molecule has 0 bridgehead atoms. The van der Waals surface area contributed by atoms with Gasteiger partial charge in [-0.25, -0.2) is 0 Å². The molecule has 0 N–H and O–H groups in total. The number of carbonyl (C=O) groups excluding carboxylic acids is 1. The highest BCUT2D eigenvalue weighted by atomic mass is 16.5. The third-order valence-electron chi connectivity index (χ3n) is 2.07. The predicted molar refractivity (Wildman–Crippen MR) is 65.7 cm³/mol. The summed E-state index contributed by atoms with van der Waals surface area (Å²) in [6.07, 6.45) is 1.49. The summed E-state index contributed by atoms with van der Waals surface area (Å²) < 4.78 is 9.85. The SMILES string of the molecule is COc1ccc(C#CCCCOC(C)=O)cc1. The number of hydrogen-bond donors (Lipinski definition) is 0. The number of rotatable bonds is 4. The first-order valence-corrected chi connectivity index (χ1v) is 5.48. The summed E-state index contributed by atoms with van der Waals surface area (Å²) in [4.78, 5) is 10.5. The van der Waals surface area contributed by atoms with E-state index in [0.29, 0.717) is 6.61 Å². The largest absolute Gasteiger partial charge is 0.497 e. The average molecular weight is 232 g/mol. The minimum atomic E-state index is -0.242. The fourth-order valence-electron chi connectivity index (χ4n) is 1.22. The van der Waals surface area contributed by atoms with E-state index in [-0.39, 0.29) is 5.97 Å². The molecule has 0 radical (unpaired) electrons.